The average molecular weight is 288 g/mol. The maximum atomic E-state index is 6.06. The fourth-order valence-corrected chi connectivity index (χ4v) is 2.42. The number of imidazole rings is 1. The van der Waals surface area contributed by atoms with E-state index >= 15 is 0 Å². The Bertz CT molecular complexity index is 767. The lowest BCUT2D eigenvalue weighted by Gasteiger charge is -2.06. The number of rotatable bonds is 3. The first-order valence-electron chi connectivity index (χ1n) is 6.24. The first-order chi connectivity index (χ1) is 9.72. The van der Waals surface area contributed by atoms with Gasteiger partial charge in [0.25, 0.3) is 0 Å². The highest BCUT2D eigenvalue weighted by Crippen LogP contribution is 2.32. The lowest BCUT2D eigenvalue weighted by atomic mass is 10.2. The molecule has 102 valence electrons. The van der Waals surface area contributed by atoms with Gasteiger partial charge in [-0.25, -0.2) is 4.98 Å². The second-order valence-electron chi connectivity index (χ2n) is 4.45. The lowest BCUT2D eigenvalue weighted by Crippen LogP contribution is -1.96. The molecule has 0 aliphatic carbocycles. The number of ether oxygens (including phenoxy) is 1. The number of nitrogens with one attached hydrogen (secondary N) is 1. The molecular weight excluding hydrogens is 274 g/mol. The molecule has 20 heavy (non-hydrogen) atoms. The monoisotopic (exact) mass is 287 g/mol. The van der Waals surface area contributed by atoms with Crippen molar-refractivity contribution in [1.29, 1.82) is 0 Å². The quantitative estimate of drug-likeness (QED) is 0.776. The van der Waals surface area contributed by atoms with E-state index in [0.29, 0.717) is 11.6 Å². The van der Waals surface area contributed by atoms with Crippen LogP contribution in [0.4, 0.5) is 0 Å². The molecule has 0 aliphatic rings. The topological polar surface area (TPSA) is 63.9 Å². The smallest absolute Gasteiger partial charge is 0.142 e. The molecule has 0 unspecified atom stereocenters. The van der Waals surface area contributed by atoms with E-state index in [4.69, 9.17) is 22.1 Å². The molecule has 3 aromatic rings. The number of nitrogens with zero attached hydrogens (tertiary/aromatic N) is 1. The number of fused-ring (bicyclic) bond motifs is 1. The second-order valence-corrected chi connectivity index (χ2v) is 4.88. The number of aromatic amines is 1. The maximum Gasteiger partial charge on any atom is 0.142 e. The van der Waals surface area contributed by atoms with Crippen molar-refractivity contribution in [3.63, 3.8) is 0 Å². The molecule has 0 spiro atoms. The van der Waals surface area contributed by atoms with Crippen LogP contribution in [0.5, 0.6) is 5.75 Å². The molecule has 2 aromatic carbocycles. The highest BCUT2D eigenvalue weighted by atomic mass is 35.5. The van der Waals surface area contributed by atoms with Crippen molar-refractivity contribution in [2.45, 2.75) is 6.54 Å². The molecular formula is C15H14ClN3O. The molecule has 0 saturated carbocycles. The molecule has 3 N–H and O–H groups in total. The maximum absolute atomic E-state index is 6.06. The van der Waals surface area contributed by atoms with Crippen LogP contribution in [0.25, 0.3) is 22.4 Å². The van der Waals surface area contributed by atoms with E-state index < -0.39 is 0 Å². The number of benzene rings is 2. The van der Waals surface area contributed by atoms with E-state index in [2.05, 4.69) is 9.97 Å². The van der Waals surface area contributed by atoms with Crippen molar-refractivity contribution in [2.24, 2.45) is 5.73 Å². The Morgan fingerprint density at radius 3 is 2.90 bits per heavy atom. The Labute approximate surface area is 121 Å². The predicted octanol–water partition coefficient (Wildman–Crippen LogP) is 3.35. The van der Waals surface area contributed by atoms with Crippen molar-refractivity contribution < 1.29 is 4.74 Å². The normalized spacial score (nSPS) is 10.9. The number of hydrogen-bond donors (Lipinski definition) is 2. The third-order valence-corrected chi connectivity index (χ3v) is 3.47. The molecule has 0 aliphatic heterocycles. The summed E-state index contributed by atoms with van der Waals surface area (Å²) in [7, 11) is 1.63. The van der Waals surface area contributed by atoms with Gasteiger partial charge in [0.15, 0.2) is 0 Å². The Hall–Kier alpha value is -2.04. The summed E-state index contributed by atoms with van der Waals surface area (Å²) in [5.41, 5.74) is 9.41. The van der Waals surface area contributed by atoms with Crippen LogP contribution >= 0.6 is 11.6 Å². The minimum absolute atomic E-state index is 0.453. The number of hydrogen-bond acceptors (Lipinski definition) is 3. The number of para-hydroxylation sites is 1. The summed E-state index contributed by atoms with van der Waals surface area (Å²) in [6, 6.07) is 11.4. The third-order valence-electron chi connectivity index (χ3n) is 3.23. The molecule has 0 amide bonds. The summed E-state index contributed by atoms with van der Waals surface area (Å²) >= 11 is 6.06. The zero-order valence-corrected chi connectivity index (χ0v) is 11.7. The van der Waals surface area contributed by atoms with Gasteiger partial charge in [0, 0.05) is 11.6 Å². The van der Waals surface area contributed by atoms with Crippen molar-refractivity contribution in [2.75, 3.05) is 7.11 Å². The lowest BCUT2D eigenvalue weighted by molar-refractivity contribution is 0.416. The molecule has 1 aromatic heterocycles. The van der Waals surface area contributed by atoms with E-state index in [-0.39, 0.29) is 0 Å². The van der Waals surface area contributed by atoms with E-state index in [1.165, 1.54) is 0 Å². The fraction of sp³-hybridized carbons (Fsp3) is 0.133. The fourth-order valence-electron chi connectivity index (χ4n) is 2.25. The van der Waals surface area contributed by atoms with Gasteiger partial charge in [0.2, 0.25) is 0 Å². The van der Waals surface area contributed by atoms with Crippen LogP contribution in [-0.4, -0.2) is 17.1 Å². The largest absolute Gasteiger partial charge is 0.496 e. The molecule has 0 saturated heterocycles. The van der Waals surface area contributed by atoms with E-state index in [1.54, 1.807) is 13.2 Å². The Morgan fingerprint density at radius 1 is 1.30 bits per heavy atom. The van der Waals surface area contributed by atoms with Crippen molar-refractivity contribution >= 4 is 22.6 Å². The van der Waals surface area contributed by atoms with Gasteiger partial charge >= 0.3 is 0 Å². The molecule has 4 nitrogen and oxygen atoms in total. The molecule has 5 heteroatoms. The van der Waals surface area contributed by atoms with Crippen LogP contribution in [0.3, 0.4) is 0 Å². The highest BCUT2D eigenvalue weighted by Gasteiger charge is 2.12. The SMILES string of the molecule is COc1ccc(Cl)cc1-c1nc2c(CN)cccc2[nH]1. The van der Waals surface area contributed by atoms with Gasteiger partial charge in [0.1, 0.15) is 11.6 Å². The van der Waals surface area contributed by atoms with Crippen LogP contribution in [-0.2, 0) is 6.54 Å². The summed E-state index contributed by atoms with van der Waals surface area (Å²) in [5.74, 6) is 1.45. The molecule has 1 heterocycles. The molecule has 0 radical (unpaired) electrons. The van der Waals surface area contributed by atoms with Crippen LogP contribution in [0, 0.1) is 0 Å². The van der Waals surface area contributed by atoms with Gasteiger partial charge in [0.05, 0.1) is 23.7 Å². The Kier molecular flexibility index (Phi) is 3.34. The number of methoxy groups -OCH3 is 1. The van der Waals surface area contributed by atoms with Gasteiger partial charge < -0.3 is 15.5 Å². The van der Waals surface area contributed by atoms with Gasteiger partial charge in [-0.1, -0.05) is 23.7 Å². The van der Waals surface area contributed by atoms with Crippen LogP contribution < -0.4 is 10.5 Å². The number of aromatic nitrogens is 2. The Balaban J connectivity index is 2.22. The molecule has 3 rings (SSSR count). The van der Waals surface area contributed by atoms with Crippen LogP contribution in [0.15, 0.2) is 36.4 Å². The van der Waals surface area contributed by atoms with E-state index in [1.807, 2.05) is 30.3 Å². The third kappa shape index (κ3) is 2.13. The van der Waals surface area contributed by atoms with Gasteiger partial charge in [-0.15, -0.1) is 0 Å². The highest BCUT2D eigenvalue weighted by molar-refractivity contribution is 6.30. The summed E-state index contributed by atoms with van der Waals surface area (Å²) in [5, 5.41) is 0.639. The van der Waals surface area contributed by atoms with Crippen molar-refractivity contribution in [3.05, 3.63) is 47.0 Å². The summed E-state index contributed by atoms with van der Waals surface area (Å²) in [6.07, 6.45) is 0. The van der Waals surface area contributed by atoms with Gasteiger partial charge in [-0.05, 0) is 29.8 Å². The van der Waals surface area contributed by atoms with Crippen molar-refractivity contribution in [3.8, 4) is 17.1 Å². The van der Waals surface area contributed by atoms with E-state index in [0.717, 1.165) is 33.7 Å². The van der Waals surface area contributed by atoms with Crippen LogP contribution in [0.2, 0.25) is 5.02 Å². The minimum atomic E-state index is 0.453. The number of H-pyrrole nitrogens is 1. The second kappa shape index (κ2) is 5.15. The molecule has 0 bridgehead atoms. The van der Waals surface area contributed by atoms with Gasteiger partial charge in [-0.3, -0.25) is 0 Å². The summed E-state index contributed by atoms with van der Waals surface area (Å²) in [6.45, 7) is 0.453. The predicted molar refractivity (Wildman–Crippen MR) is 81.0 cm³/mol. The Morgan fingerprint density at radius 2 is 2.15 bits per heavy atom. The van der Waals surface area contributed by atoms with Gasteiger partial charge in [-0.2, -0.15) is 0 Å². The summed E-state index contributed by atoms with van der Waals surface area (Å²) < 4.78 is 5.36. The first kappa shape index (κ1) is 13.0. The number of nitrogens with two attached hydrogens (primary N) is 1. The molecule has 0 atom stereocenters. The first-order valence-corrected chi connectivity index (χ1v) is 6.62. The zero-order chi connectivity index (χ0) is 14.1. The van der Waals surface area contributed by atoms with Crippen LogP contribution in [0.1, 0.15) is 5.56 Å². The summed E-state index contributed by atoms with van der Waals surface area (Å²) in [4.78, 5) is 7.91. The molecule has 0 fully saturated rings. The standard InChI is InChI=1S/C15H14ClN3O/c1-20-13-6-5-10(16)7-11(13)15-18-12-4-2-3-9(8-17)14(12)19-15/h2-7H,8,17H2,1H3,(H,18,19). The average Bonchev–Trinajstić information content (AvgIpc) is 2.90. The zero-order valence-electron chi connectivity index (χ0n) is 11.0. The van der Waals surface area contributed by atoms with Crippen molar-refractivity contribution in [1.82, 2.24) is 9.97 Å². The number of halogens is 1. The minimum Gasteiger partial charge on any atom is -0.496 e. The van der Waals surface area contributed by atoms with E-state index in [9.17, 15) is 0 Å².